The normalized spacial score (nSPS) is 17.3. The lowest BCUT2D eigenvalue weighted by Gasteiger charge is -2.13. The molecule has 3 nitrogen and oxygen atoms in total. The summed E-state index contributed by atoms with van der Waals surface area (Å²) in [5.41, 5.74) is 0. The first kappa shape index (κ1) is 10.2. The lowest BCUT2D eigenvalue weighted by Crippen LogP contribution is -2.13. The first-order chi connectivity index (χ1) is 4.48. The highest BCUT2D eigenvalue weighted by molar-refractivity contribution is 7.55. The topological polar surface area (TPSA) is 49.3 Å². The van der Waals surface area contributed by atoms with Gasteiger partial charge in [-0.1, -0.05) is 20.8 Å². The van der Waals surface area contributed by atoms with Crippen molar-refractivity contribution in [3.05, 3.63) is 0 Å². The van der Waals surface area contributed by atoms with Gasteiger partial charge in [0, 0.05) is 12.7 Å². The zero-order valence-electron chi connectivity index (χ0n) is 6.79. The third kappa shape index (κ3) is 4.98. The highest BCUT2D eigenvalue weighted by Gasteiger charge is 2.17. The molecule has 0 bridgehead atoms. The van der Waals surface area contributed by atoms with Crippen LogP contribution >= 0.6 is 7.52 Å². The summed E-state index contributed by atoms with van der Waals surface area (Å²) in [6.07, 6.45) is 0.362. The van der Waals surface area contributed by atoms with Crippen LogP contribution in [0.1, 0.15) is 20.8 Å². The van der Waals surface area contributed by atoms with Gasteiger partial charge in [0.25, 0.3) is 7.52 Å². The molecule has 0 aromatic rings. The van der Waals surface area contributed by atoms with Crippen LogP contribution in [0.25, 0.3) is 0 Å². The average Bonchev–Trinajstić information content (AvgIpc) is 1.59. The minimum absolute atomic E-state index is 0.273. The first-order valence-electron chi connectivity index (χ1n) is 3.55. The van der Waals surface area contributed by atoms with Gasteiger partial charge in [-0.15, -0.1) is 0 Å². The predicted molar refractivity (Wildman–Crippen MR) is 43.2 cm³/mol. The summed E-state index contributed by atoms with van der Waals surface area (Å²) < 4.78 is 11.1. The fourth-order valence-corrected chi connectivity index (χ4v) is 2.42. The minimum atomic E-state index is -3.00. The van der Waals surface area contributed by atoms with Crippen LogP contribution in [0.3, 0.4) is 0 Å². The van der Waals surface area contributed by atoms with E-state index in [4.69, 9.17) is 4.89 Å². The molecule has 0 aliphatic carbocycles. The van der Waals surface area contributed by atoms with Gasteiger partial charge in [-0.3, -0.25) is 4.57 Å². The van der Waals surface area contributed by atoms with Gasteiger partial charge in [-0.25, -0.2) is 5.09 Å². The molecule has 4 heteroatoms. The molecule has 0 aliphatic heterocycles. The lowest BCUT2D eigenvalue weighted by molar-refractivity contribution is 0.455. The average molecular weight is 165 g/mol. The summed E-state index contributed by atoms with van der Waals surface area (Å²) >= 11 is 0. The molecule has 2 N–H and O–H groups in total. The van der Waals surface area contributed by atoms with E-state index >= 15 is 0 Å². The van der Waals surface area contributed by atoms with Crippen LogP contribution in [0, 0.1) is 5.92 Å². The second-order valence-corrected chi connectivity index (χ2v) is 4.87. The smallest absolute Gasteiger partial charge is 0.267 e. The van der Waals surface area contributed by atoms with E-state index in [2.05, 4.69) is 5.09 Å². The third-order valence-corrected chi connectivity index (χ3v) is 3.05. The van der Waals surface area contributed by atoms with E-state index in [-0.39, 0.29) is 5.92 Å². The largest absolute Gasteiger partial charge is 0.333 e. The summed E-state index contributed by atoms with van der Waals surface area (Å²) in [7, 11) is -3.00. The standard InChI is InChI=1S/C6H16NO2P/c1-4-7-10(8,9)5-6(2)3/h6H,4-5H2,1-3H3,(H2,7,8,9). The van der Waals surface area contributed by atoms with E-state index in [9.17, 15) is 4.57 Å². The number of hydrogen-bond donors (Lipinski definition) is 2. The van der Waals surface area contributed by atoms with Gasteiger partial charge < -0.3 is 4.89 Å². The Morgan fingerprint density at radius 1 is 1.60 bits per heavy atom. The van der Waals surface area contributed by atoms with Crippen molar-refractivity contribution >= 4 is 7.52 Å². The van der Waals surface area contributed by atoms with E-state index in [1.807, 2.05) is 20.8 Å². The van der Waals surface area contributed by atoms with Crippen LogP contribution in [0.4, 0.5) is 0 Å². The molecule has 10 heavy (non-hydrogen) atoms. The van der Waals surface area contributed by atoms with Gasteiger partial charge in [-0.2, -0.15) is 0 Å². The highest BCUT2D eigenvalue weighted by atomic mass is 31.2. The molecule has 1 unspecified atom stereocenters. The molecule has 0 fully saturated rings. The quantitative estimate of drug-likeness (QED) is 0.619. The van der Waals surface area contributed by atoms with Crippen LogP contribution in [-0.4, -0.2) is 17.6 Å². The molecular formula is C6H16NO2P. The van der Waals surface area contributed by atoms with Crippen molar-refractivity contribution in [3.63, 3.8) is 0 Å². The second-order valence-electron chi connectivity index (χ2n) is 2.79. The molecule has 0 radical (unpaired) electrons. The van der Waals surface area contributed by atoms with Gasteiger partial charge >= 0.3 is 0 Å². The SMILES string of the molecule is CCNP(=O)(O)CC(C)C. The van der Waals surface area contributed by atoms with Crippen LogP contribution in [0.2, 0.25) is 0 Å². The second kappa shape index (κ2) is 4.12. The van der Waals surface area contributed by atoms with Crippen LogP contribution in [-0.2, 0) is 4.57 Å². The summed E-state index contributed by atoms with van der Waals surface area (Å²) in [4.78, 5) is 9.13. The molecule has 0 amide bonds. The van der Waals surface area contributed by atoms with E-state index in [0.717, 1.165) is 0 Å². The van der Waals surface area contributed by atoms with Gasteiger partial charge in [0.2, 0.25) is 0 Å². The predicted octanol–water partition coefficient (Wildman–Crippen LogP) is 1.44. The Balaban J connectivity index is 3.75. The molecule has 0 aromatic heterocycles. The summed E-state index contributed by atoms with van der Waals surface area (Å²) in [6, 6.07) is 0. The highest BCUT2D eigenvalue weighted by Crippen LogP contribution is 2.36. The van der Waals surface area contributed by atoms with Crippen molar-refractivity contribution in [3.8, 4) is 0 Å². The van der Waals surface area contributed by atoms with Gasteiger partial charge in [0.05, 0.1) is 0 Å². The number of rotatable bonds is 4. The maximum Gasteiger partial charge on any atom is 0.267 e. The zero-order chi connectivity index (χ0) is 8.20. The molecule has 0 spiro atoms. The van der Waals surface area contributed by atoms with Crippen LogP contribution in [0.5, 0.6) is 0 Å². The zero-order valence-corrected chi connectivity index (χ0v) is 7.69. The Labute approximate surface area is 62.3 Å². The Hall–Kier alpha value is 0.150. The maximum absolute atomic E-state index is 11.1. The molecule has 62 valence electrons. The van der Waals surface area contributed by atoms with Crippen molar-refractivity contribution in [1.82, 2.24) is 5.09 Å². The van der Waals surface area contributed by atoms with Crippen molar-refractivity contribution < 1.29 is 9.46 Å². The Morgan fingerprint density at radius 2 is 2.10 bits per heavy atom. The number of hydrogen-bond acceptors (Lipinski definition) is 1. The van der Waals surface area contributed by atoms with E-state index < -0.39 is 7.52 Å². The van der Waals surface area contributed by atoms with Gasteiger partial charge in [0.15, 0.2) is 0 Å². The van der Waals surface area contributed by atoms with E-state index in [1.54, 1.807) is 0 Å². The Bertz CT molecular complexity index is 136. The van der Waals surface area contributed by atoms with Gasteiger partial charge in [0.1, 0.15) is 0 Å². The summed E-state index contributed by atoms with van der Waals surface area (Å²) in [6.45, 7) is 6.24. The number of nitrogens with one attached hydrogen (secondary N) is 1. The molecule has 0 aromatic carbocycles. The summed E-state index contributed by atoms with van der Waals surface area (Å²) in [5.74, 6) is 0.273. The Kier molecular flexibility index (Phi) is 4.18. The van der Waals surface area contributed by atoms with Crippen LogP contribution < -0.4 is 5.09 Å². The molecule has 1 atom stereocenters. The summed E-state index contributed by atoms with van der Waals surface area (Å²) in [5, 5.41) is 2.56. The Morgan fingerprint density at radius 3 is 2.40 bits per heavy atom. The molecule has 0 aliphatic rings. The van der Waals surface area contributed by atoms with E-state index in [1.165, 1.54) is 0 Å². The molecule has 0 saturated heterocycles. The monoisotopic (exact) mass is 165 g/mol. The molecular weight excluding hydrogens is 149 g/mol. The minimum Gasteiger partial charge on any atom is -0.333 e. The maximum atomic E-state index is 11.1. The fourth-order valence-electron chi connectivity index (χ4n) is 0.807. The van der Waals surface area contributed by atoms with Crippen molar-refractivity contribution in [2.24, 2.45) is 5.92 Å². The van der Waals surface area contributed by atoms with Gasteiger partial charge in [-0.05, 0) is 5.92 Å². The molecule has 0 heterocycles. The van der Waals surface area contributed by atoms with Crippen molar-refractivity contribution in [1.29, 1.82) is 0 Å². The molecule has 0 rings (SSSR count). The third-order valence-electron chi connectivity index (χ3n) is 1.02. The van der Waals surface area contributed by atoms with Crippen molar-refractivity contribution in [2.45, 2.75) is 20.8 Å². The van der Waals surface area contributed by atoms with Crippen LogP contribution in [0.15, 0.2) is 0 Å². The van der Waals surface area contributed by atoms with E-state index in [0.29, 0.717) is 12.7 Å². The lowest BCUT2D eigenvalue weighted by atomic mass is 10.3. The van der Waals surface area contributed by atoms with Crippen molar-refractivity contribution in [2.75, 3.05) is 12.7 Å². The molecule has 0 saturated carbocycles. The fraction of sp³-hybridized carbons (Fsp3) is 1.00. The first-order valence-corrected chi connectivity index (χ1v) is 5.39.